The second kappa shape index (κ2) is 66.3. The summed E-state index contributed by atoms with van der Waals surface area (Å²) in [5.41, 5.74) is 0. The highest BCUT2D eigenvalue weighted by Crippen LogP contribution is 2.45. The average molecular weight is 1410 g/mol. The van der Waals surface area contributed by atoms with Crippen molar-refractivity contribution < 1.29 is 80.2 Å². The number of carbonyl (C=O) groups is 4. The third-order valence-corrected chi connectivity index (χ3v) is 20.1. The Hall–Kier alpha value is -1.94. The van der Waals surface area contributed by atoms with E-state index in [4.69, 9.17) is 37.0 Å². The lowest BCUT2D eigenvalue weighted by molar-refractivity contribution is -0.161. The minimum Gasteiger partial charge on any atom is -0.462 e. The summed E-state index contributed by atoms with van der Waals surface area (Å²) in [6.07, 6.45) is 51.2. The van der Waals surface area contributed by atoms with Crippen molar-refractivity contribution in [2.45, 2.75) is 408 Å². The number of phosphoric acid groups is 2. The Balaban J connectivity index is 5.28. The quantitative estimate of drug-likeness (QED) is 0.0222. The van der Waals surface area contributed by atoms with Crippen LogP contribution in [0.1, 0.15) is 389 Å². The first-order valence-corrected chi connectivity index (χ1v) is 42.7. The number of hydrogen-bond donors (Lipinski definition) is 3. The molecule has 0 saturated carbocycles. The maximum absolute atomic E-state index is 13.1. The van der Waals surface area contributed by atoms with Gasteiger partial charge in [0.15, 0.2) is 12.2 Å². The van der Waals surface area contributed by atoms with Crippen LogP contribution in [0.2, 0.25) is 0 Å². The lowest BCUT2D eigenvalue weighted by atomic mass is 9.99. The molecule has 6 atom stereocenters. The van der Waals surface area contributed by atoms with Gasteiger partial charge in [-0.25, -0.2) is 9.13 Å². The number of ether oxygens (including phenoxy) is 4. The van der Waals surface area contributed by atoms with Crippen LogP contribution in [0.4, 0.5) is 0 Å². The van der Waals surface area contributed by atoms with E-state index in [0.29, 0.717) is 25.7 Å². The summed E-state index contributed by atoms with van der Waals surface area (Å²) in [5.74, 6) is 0.988. The summed E-state index contributed by atoms with van der Waals surface area (Å²) in [5, 5.41) is 10.6. The molecule has 0 bridgehead atoms. The van der Waals surface area contributed by atoms with Crippen molar-refractivity contribution in [2.75, 3.05) is 39.6 Å². The molecule has 3 N–H and O–H groups in total. The molecule has 0 aromatic rings. The van der Waals surface area contributed by atoms with E-state index in [0.717, 1.165) is 114 Å². The SMILES string of the molecule is CCC(C)CCCCCCCCCCCCC(=O)OC[C@H](COP(=O)(O)OC[C@@H](O)COP(=O)(O)OC[C@@H](COC(=O)CCCCCCCCCCCCC(C)C)OC(=O)CCCCCCCCCCCCC(C)C)OC(=O)CCCCCCCCCCCCCCCC(C)C. The van der Waals surface area contributed by atoms with Crippen LogP contribution in [0, 0.1) is 23.7 Å². The summed E-state index contributed by atoms with van der Waals surface area (Å²) < 4.78 is 68.6. The van der Waals surface area contributed by atoms with E-state index < -0.39 is 97.5 Å². The van der Waals surface area contributed by atoms with Crippen molar-refractivity contribution in [2.24, 2.45) is 23.7 Å². The van der Waals surface area contributed by atoms with Gasteiger partial charge >= 0.3 is 39.5 Å². The van der Waals surface area contributed by atoms with Crippen LogP contribution >= 0.6 is 15.6 Å². The normalized spacial score (nSPS) is 14.4. The highest BCUT2D eigenvalue weighted by Gasteiger charge is 2.30. The second-order valence-electron chi connectivity index (χ2n) is 29.4. The molecule has 0 aromatic heterocycles. The van der Waals surface area contributed by atoms with Crippen molar-refractivity contribution in [3.63, 3.8) is 0 Å². The van der Waals surface area contributed by atoms with E-state index in [1.807, 2.05) is 0 Å². The fraction of sp³-hybridized carbons (Fsp3) is 0.948. The second-order valence-corrected chi connectivity index (χ2v) is 32.3. The van der Waals surface area contributed by atoms with E-state index in [2.05, 4.69) is 55.4 Å². The molecule has 0 saturated heterocycles. The number of aliphatic hydroxyl groups is 1. The predicted molar refractivity (Wildman–Crippen MR) is 391 cm³/mol. The van der Waals surface area contributed by atoms with Gasteiger partial charge < -0.3 is 33.8 Å². The first kappa shape index (κ1) is 94.1. The number of aliphatic hydroxyl groups excluding tert-OH is 1. The number of hydrogen-bond acceptors (Lipinski definition) is 15. The Morgan fingerprint density at radius 2 is 0.500 bits per heavy atom. The van der Waals surface area contributed by atoms with Crippen LogP contribution in [-0.2, 0) is 65.4 Å². The molecule has 0 rings (SSSR count). The standard InChI is InChI=1S/C77H150O17P2/c1-9-70(8)56-48-40-32-24-17-20-26-34-42-50-58-75(80)88-63-72(93-76(81)59-51-43-35-27-14-12-10-11-13-21-29-37-45-53-67(2)3)65-91-95(83,84)89-61-71(78)62-90-96(85,86)92-66-73(94-77(82)60-52-44-36-28-19-16-23-31-39-47-55-69(6)7)64-87-74(79)57-49-41-33-25-18-15-22-30-38-46-54-68(4)5/h67-73,78H,9-66H2,1-8H3,(H,83,84)(H,85,86)/t70?,71-,72-,73-/m1/s1. The molecule has 0 heterocycles. The summed E-state index contributed by atoms with van der Waals surface area (Å²) in [7, 11) is -9.92. The Bertz CT molecular complexity index is 1890. The van der Waals surface area contributed by atoms with E-state index in [1.54, 1.807) is 0 Å². The Morgan fingerprint density at radius 1 is 0.292 bits per heavy atom. The number of rotatable bonds is 74. The van der Waals surface area contributed by atoms with Crippen molar-refractivity contribution in [1.82, 2.24) is 0 Å². The van der Waals surface area contributed by atoms with Gasteiger partial charge in [-0.1, -0.05) is 338 Å². The summed E-state index contributed by atoms with van der Waals surface area (Å²) in [6.45, 7) is 14.2. The molecule has 19 heteroatoms. The molecule has 0 radical (unpaired) electrons. The molecule has 17 nitrogen and oxygen atoms in total. The monoisotopic (exact) mass is 1410 g/mol. The molecule has 0 aliphatic heterocycles. The maximum atomic E-state index is 13.1. The molecule has 0 amide bonds. The molecule has 3 unspecified atom stereocenters. The largest absolute Gasteiger partial charge is 0.472 e. The summed E-state index contributed by atoms with van der Waals surface area (Å²) in [4.78, 5) is 72.9. The third-order valence-electron chi connectivity index (χ3n) is 18.2. The zero-order chi connectivity index (χ0) is 71.0. The van der Waals surface area contributed by atoms with E-state index in [-0.39, 0.29) is 25.7 Å². The predicted octanol–water partition coefficient (Wildman–Crippen LogP) is 22.4. The van der Waals surface area contributed by atoms with Crippen LogP contribution in [0.25, 0.3) is 0 Å². The van der Waals surface area contributed by atoms with Crippen LogP contribution in [-0.4, -0.2) is 96.7 Å². The molecule has 0 aliphatic carbocycles. The van der Waals surface area contributed by atoms with Crippen molar-refractivity contribution >= 4 is 39.5 Å². The van der Waals surface area contributed by atoms with Gasteiger partial charge in [0.25, 0.3) is 0 Å². The van der Waals surface area contributed by atoms with E-state index >= 15 is 0 Å². The number of esters is 4. The minimum absolute atomic E-state index is 0.105. The van der Waals surface area contributed by atoms with Crippen LogP contribution in [0.5, 0.6) is 0 Å². The molecule has 0 aliphatic rings. The number of carbonyl (C=O) groups excluding carboxylic acids is 4. The smallest absolute Gasteiger partial charge is 0.462 e. The van der Waals surface area contributed by atoms with Crippen molar-refractivity contribution in [1.29, 1.82) is 0 Å². The van der Waals surface area contributed by atoms with Gasteiger partial charge in [0.05, 0.1) is 26.4 Å². The van der Waals surface area contributed by atoms with E-state index in [1.165, 1.54) is 193 Å². The molecule has 0 aromatic carbocycles. The molecule has 0 spiro atoms. The van der Waals surface area contributed by atoms with Gasteiger partial charge in [0.1, 0.15) is 19.3 Å². The van der Waals surface area contributed by atoms with Crippen LogP contribution < -0.4 is 0 Å². The Kier molecular flexibility index (Phi) is 65.0. The van der Waals surface area contributed by atoms with Gasteiger partial charge in [-0.05, 0) is 49.4 Å². The van der Waals surface area contributed by atoms with Gasteiger partial charge in [-0.15, -0.1) is 0 Å². The molecule has 570 valence electrons. The Labute approximate surface area is 588 Å². The molecule has 0 fully saturated rings. The first-order valence-electron chi connectivity index (χ1n) is 39.7. The zero-order valence-electron chi connectivity index (χ0n) is 63.0. The highest BCUT2D eigenvalue weighted by atomic mass is 31.2. The Morgan fingerprint density at radius 3 is 0.740 bits per heavy atom. The molecular formula is C77H150O17P2. The number of unbranched alkanes of at least 4 members (excludes halogenated alkanes) is 39. The highest BCUT2D eigenvalue weighted by molar-refractivity contribution is 7.47. The third kappa shape index (κ3) is 69.2. The van der Waals surface area contributed by atoms with Gasteiger partial charge in [0.2, 0.25) is 0 Å². The average Bonchev–Trinajstić information content (AvgIpc) is 1.11. The van der Waals surface area contributed by atoms with Gasteiger partial charge in [-0.2, -0.15) is 0 Å². The van der Waals surface area contributed by atoms with Gasteiger partial charge in [0, 0.05) is 25.7 Å². The first-order chi connectivity index (χ1) is 46.1. The van der Waals surface area contributed by atoms with Crippen LogP contribution in [0.3, 0.4) is 0 Å². The summed E-state index contributed by atoms with van der Waals surface area (Å²) in [6, 6.07) is 0. The van der Waals surface area contributed by atoms with Crippen molar-refractivity contribution in [3.8, 4) is 0 Å². The fourth-order valence-electron chi connectivity index (χ4n) is 11.7. The maximum Gasteiger partial charge on any atom is 0.472 e. The summed E-state index contributed by atoms with van der Waals surface area (Å²) >= 11 is 0. The molecular weight excluding hydrogens is 1260 g/mol. The minimum atomic E-state index is -4.96. The van der Waals surface area contributed by atoms with E-state index in [9.17, 15) is 43.2 Å². The topological polar surface area (TPSA) is 237 Å². The zero-order valence-corrected chi connectivity index (χ0v) is 64.8. The molecule has 96 heavy (non-hydrogen) atoms. The van der Waals surface area contributed by atoms with Gasteiger partial charge in [-0.3, -0.25) is 37.3 Å². The lowest BCUT2D eigenvalue weighted by Gasteiger charge is -2.21. The number of phosphoric ester groups is 2. The lowest BCUT2D eigenvalue weighted by Crippen LogP contribution is -2.30. The van der Waals surface area contributed by atoms with Crippen LogP contribution in [0.15, 0.2) is 0 Å². The fourth-order valence-corrected chi connectivity index (χ4v) is 13.3. The van der Waals surface area contributed by atoms with Crippen molar-refractivity contribution in [3.05, 3.63) is 0 Å².